The number of nitrogens with one attached hydrogen (secondary N) is 1. The minimum Gasteiger partial charge on any atom is -0.348 e. The molecule has 1 heterocycles. The number of anilines is 1. The van der Waals surface area contributed by atoms with Gasteiger partial charge in [0.2, 0.25) is 0 Å². The predicted molar refractivity (Wildman–Crippen MR) is 97.2 cm³/mol. The highest BCUT2D eigenvalue weighted by Gasteiger charge is 2.18. The molecule has 0 aliphatic rings. The predicted octanol–water partition coefficient (Wildman–Crippen LogP) is 4.28. The van der Waals surface area contributed by atoms with E-state index in [1.807, 2.05) is 36.6 Å². The first kappa shape index (κ1) is 17.5. The van der Waals surface area contributed by atoms with E-state index >= 15 is 0 Å². The number of aromatic nitrogens is 1. The van der Waals surface area contributed by atoms with Crippen molar-refractivity contribution in [2.45, 2.75) is 40.2 Å². The van der Waals surface area contributed by atoms with E-state index in [4.69, 9.17) is 0 Å². The summed E-state index contributed by atoms with van der Waals surface area (Å²) >= 11 is 3.40. The normalized spacial score (nSPS) is 10.6. The molecular formula is C18H21BrN2O2. The van der Waals surface area contributed by atoms with Crippen LogP contribution < -0.4 is 10.7 Å². The summed E-state index contributed by atoms with van der Waals surface area (Å²) in [5, 5.41) is 2.81. The second kappa shape index (κ2) is 7.59. The fourth-order valence-electron chi connectivity index (χ4n) is 2.60. The van der Waals surface area contributed by atoms with Crippen molar-refractivity contribution in [2.75, 3.05) is 5.32 Å². The maximum atomic E-state index is 12.6. The zero-order chi connectivity index (χ0) is 17.0. The fourth-order valence-corrected chi connectivity index (χ4v) is 2.99. The van der Waals surface area contributed by atoms with Crippen LogP contribution in [0.25, 0.3) is 0 Å². The minimum absolute atomic E-state index is 0.211. The first-order valence-corrected chi connectivity index (χ1v) is 8.52. The number of pyridine rings is 1. The number of rotatable bonds is 5. The summed E-state index contributed by atoms with van der Waals surface area (Å²) in [6.45, 7) is 6.66. The third kappa shape index (κ3) is 3.91. The Hall–Kier alpha value is -1.88. The number of unbranched alkanes of at least 4 members (excludes halogenated alkanes) is 1. The molecule has 0 fully saturated rings. The van der Waals surface area contributed by atoms with Crippen molar-refractivity contribution in [3.63, 3.8) is 0 Å². The van der Waals surface area contributed by atoms with Crippen molar-refractivity contribution in [1.82, 2.24) is 4.57 Å². The van der Waals surface area contributed by atoms with Crippen molar-refractivity contribution in [2.24, 2.45) is 0 Å². The molecule has 23 heavy (non-hydrogen) atoms. The number of halogens is 1. The lowest BCUT2D eigenvalue weighted by molar-refractivity contribution is 0.102. The molecule has 0 aliphatic carbocycles. The molecule has 1 aromatic carbocycles. The largest absolute Gasteiger partial charge is 0.348 e. The van der Waals surface area contributed by atoms with Gasteiger partial charge in [0.1, 0.15) is 5.56 Å². The summed E-state index contributed by atoms with van der Waals surface area (Å²) in [5.41, 5.74) is 2.23. The Morgan fingerprint density at radius 1 is 1.26 bits per heavy atom. The maximum absolute atomic E-state index is 12.6. The molecule has 5 heteroatoms. The average Bonchev–Trinajstić information content (AvgIpc) is 2.49. The number of hydrogen-bond donors (Lipinski definition) is 1. The van der Waals surface area contributed by atoms with Crippen molar-refractivity contribution >= 4 is 27.5 Å². The van der Waals surface area contributed by atoms with Gasteiger partial charge >= 0.3 is 0 Å². The van der Waals surface area contributed by atoms with Crippen LogP contribution in [0.4, 0.5) is 5.69 Å². The Labute approximate surface area is 144 Å². The molecule has 0 aliphatic heterocycles. The van der Waals surface area contributed by atoms with Crippen molar-refractivity contribution in [1.29, 1.82) is 0 Å². The average molecular weight is 377 g/mol. The molecule has 1 amide bonds. The lowest BCUT2D eigenvalue weighted by Crippen LogP contribution is -2.27. The van der Waals surface area contributed by atoms with Crippen molar-refractivity contribution in [3.8, 4) is 0 Å². The van der Waals surface area contributed by atoms with Gasteiger partial charge in [-0.2, -0.15) is 0 Å². The van der Waals surface area contributed by atoms with Gasteiger partial charge in [-0.15, -0.1) is 0 Å². The number of para-hydroxylation sites is 1. The second-order valence-corrected chi connectivity index (χ2v) is 6.40. The third-order valence-corrected chi connectivity index (χ3v) is 4.55. The Morgan fingerprint density at radius 2 is 1.96 bits per heavy atom. The van der Waals surface area contributed by atoms with Gasteiger partial charge in [0.15, 0.2) is 5.43 Å². The summed E-state index contributed by atoms with van der Waals surface area (Å²) in [6, 6.07) is 8.88. The van der Waals surface area contributed by atoms with Crippen LogP contribution in [0, 0.1) is 13.8 Å². The van der Waals surface area contributed by atoms with Crippen LogP contribution in [-0.4, -0.2) is 10.5 Å². The van der Waals surface area contributed by atoms with Crippen LogP contribution in [0.2, 0.25) is 0 Å². The third-order valence-electron chi connectivity index (χ3n) is 3.86. The molecule has 1 aromatic heterocycles. The van der Waals surface area contributed by atoms with Gasteiger partial charge in [0.05, 0.1) is 5.69 Å². The molecule has 0 unspecified atom stereocenters. The highest BCUT2D eigenvalue weighted by atomic mass is 79.9. The number of nitrogens with zero attached hydrogens (tertiary/aromatic N) is 1. The lowest BCUT2D eigenvalue weighted by Gasteiger charge is -2.17. The molecule has 4 nitrogen and oxygen atoms in total. The molecule has 0 spiro atoms. The zero-order valence-electron chi connectivity index (χ0n) is 13.6. The Bertz CT molecular complexity index is 781. The van der Waals surface area contributed by atoms with Gasteiger partial charge in [0, 0.05) is 28.5 Å². The molecule has 122 valence electrons. The number of aryl methyl sites for hydroxylation is 1. The Morgan fingerprint density at radius 3 is 2.61 bits per heavy atom. The summed E-state index contributed by atoms with van der Waals surface area (Å²) in [5.74, 6) is -0.371. The standard InChI is InChI=1S/C18H21BrN2O2/c1-4-5-10-21-12(2)11-16(22)17(13(21)3)18(23)20-15-9-7-6-8-14(15)19/h6-9,11H,4-5,10H2,1-3H3,(H,20,23). The summed E-state index contributed by atoms with van der Waals surface area (Å²) in [4.78, 5) is 24.9. The van der Waals surface area contributed by atoms with E-state index in [-0.39, 0.29) is 16.9 Å². The SMILES string of the molecule is CCCCn1c(C)cc(=O)c(C(=O)Nc2ccccc2Br)c1C. The molecular weight excluding hydrogens is 356 g/mol. The van der Waals surface area contributed by atoms with E-state index in [9.17, 15) is 9.59 Å². The van der Waals surface area contributed by atoms with E-state index in [0.717, 1.165) is 29.6 Å². The fraction of sp³-hybridized carbons (Fsp3) is 0.333. The Kier molecular flexibility index (Phi) is 5.77. The number of carbonyl (C=O) groups excluding carboxylic acids is 1. The van der Waals surface area contributed by atoms with Gasteiger partial charge in [-0.1, -0.05) is 25.5 Å². The van der Waals surface area contributed by atoms with Crippen LogP contribution >= 0.6 is 15.9 Å². The molecule has 0 radical (unpaired) electrons. The molecule has 0 saturated heterocycles. The van der Waals surface area contributed by atoms with E-state index in [1.54, 1.807) is 6.07 Å². The Balaban J connectivity index is 2.40. The van der Waals surface area contributed by atoms with Crippen LogP contribution in [0.15, 0.2) is 39.6 Å². The number of amides is 1. The van der Waals surface area contributed by atoms with Crippen molar-refractivity contribution in [3.05, 3.63) is 62.0 Å². The quantitative estimate of drug-likeness (QED) is 0.846. The van der Waals surface area contributed by atoms with E-state index in [1.165, 1.54) is 6.07 Å². The first-order valence-electron chi connectivity index (χ1n) is 7.72. The maximum Gasteiger partial charge on any atom is 0.261 e. The molecule has 2 rings (SSSR count). The van der Waals surface area contributed by atoms with Gasteiger partial charge in [-0.05, 0) is 48.3 Å². The smallest absolute Gasteiger partial charge is 0.261 e. The summed E-state index contributed by atoms with van der Waals surface area (Å²) < 4.78 is 2.82. The molecule has 0 atom stereocenters. The van der Waals surface area contributed by atoms with Gasteiger partial charge in [-0.25, -0.2) is 0 Å². The molecule has 0 bridgehead atoms. The minimum atomic E-state index is -0.371. The van der Waals surface area contributed by atoms with Crippen LogP contribution in [0.5, 0.6) is 0 Å². The topological polar surface area (TPSA) is 51.1 Å². The summed E-state index contributed by atoms with van der Waals surface area (Å²) in [6.07, 6.45) is 2.07. The monoisotopic (exact) mass is 376 g/mol. The molecule has 0 saturated carbocycles. The number of hydrogen-bond acceptors (Lipinski definition) is 2. The van der Waals surface area contributed by atoms with E-state index in [2.05, 4.69) is 28.2 Å². The van der Waals surface area contributed by atoms with Crippen LogP contribution in [0.1, 0.15) is 41.5 Å². The second-order valence-electron chi connectivity index (χ2n) is 5.55. The zero-order valence-corrected chi connectivity index (χ0v) is 15.2. The highest BCUT2D eigenvalue weighted by molar-refractivity contribution is 9.10. The summed E-state index contributed by atoms with van der Waals surface area (Å²) in [7, 11) is 0. The van der Waals surface area contributed by atoms with Gasteiger partial charge in [-0.3, -0.25) is 9.59 Å². The highest BCUT2D eigenvalue weighted by Crippen LogP contribution is 2.22. The first-order chi connectivity index (χ1) is 11.0. The van der Waals surface area contributed by atoms with E-state index < -0.39 is 0 Å². The van der Waals surface area contributed by atoms with Gasteiger partial charge < -0.3 is 9.88 Å². The van der Waals surface area contributed by atoms with Crippen LogP contribution in [0.3, 0.4) is 0 Å². The number of benzene rings is 1. The molecule has 1 N–H and O–H groups in total. The van der Waals surface area contributed by atoms with Crippen LogP contribution in [-0.2, 0) is 6.54 Å². The van der Waals surface area contributed by atoms with Crippen molar-refractivity contribution < 1.29 is 4.79 Å². The molecule has 2 aromatic rings. The van der Waals surface area contributed by atoms with Gasteiger partial charge in [0.25, 0.3) is 5.91 Å². The lowest BCUT2D eigenvalue weighted by atomic mass is 10.1. The van der Waals surface area contributed by atoms with E-state index in [0.29, 0.717) is 11.4 Å². The number of carbonyl (C=O) groups is 1.